The summed E-state index contributed by atoms with van der Waals surface area (Å²) in [5.41, 5.74) is 10.7. The Morgan fingerprint density at radius 1 is 1.10 bits per heavy atom. The van der Waals surface area contributed by atoms with E-state index in [2.05, 4.69) is 41.3 Å². The van der Waals surface area contributed by atoms with Gasteiger partial charge >= 0.3 is 0 Å². The van der Waals surface area contributed by atoms with Crippen LogP contribution in [0.15, 0.2) is 42.5 Å². The van der Waals surface area contributed by atoms with E-state index in [9.17, 15) is 0 Å². The Morgan fingerprint density at radius 2 is 1.90 bits per heavy atom. The number of hydrogen-bond acceptors (Lipinski definition) is 2. The quantitative estimate of drug-likeness (QED) is 0.911. The average molecular weight is 287 g/mol. The van der Waals surface area contributed by atoms with Crippen LogP contribution in [0.2, 0.25) is 5.02 Å². The van der Waals surface area contributed by atoms with Crippen LogP contribution in [0.1, 0.15) is 23.1 Å². The Hall–Kier alpha value is -1.51. The summed E-state index contributed by atoms with van der Waals surface area (Å²) in [6.45, 7) is 2.50. The lowest BCUT2D eigenvalue weighted by atomic mass is 10.0. The summed E-state index contributed by atoms with van der Waals surface area (Å²) in [4.78, 5) is 2.37. The highest BCUT2D eigenvalue weighted by molar-refractivity contribution is 6.33. The number of fused-ring (bicyclic) bond motifs is 1. The van der Waals surface area contributed by atoms with E-state index in [0.29, 0.717) is 6.54 Å². The lowest BCUT2D eigenvalue weighted by molar-refractivity contribution is 0.766. The third-order valence-electron chi connectivity index (χ3n) is 3.94. The maximum atomic E-state index is 6.42. The van der Waals surface area contributed by atoms with Gasteiger partial charge in [-0.15, -0.1) is 0 Å². The molecule has 0 aliphatic carbocycles. The van der Waals surface area contributed by atoms with Crippen molar-refractivity contribution in [1.29, 1.82) is 0 Å². The highest BCUT2D eigenvalue weighted by atomic mass is 35.5. The molecular formula is C17H19ClN2. The van der Waals surface area contributed by atoms with Gasteiger partial charge in [0.1, 0.15) is 0 Å². The Morgan fingerprint density at radius 3 is 2.65 bits per heavy atom. The summed E-state index contributed by atoms with van der Waals surface area (Å²) >= 11 is 6.42. The molecule has 0 bridgehead atoms. The fourth-order valence-electron chi connectivity index (χ4n) is 2.84. The molecule has 2 nitrogen and oxygen atoms in total. The summed E-state index contributed by atoms with van der Waals surface area (Å²) in [6.07, 6.45) is 2.30. The van der Waals surface area contributed by atoms with Crippen LogP contribution in [0, 0.1) is 0 Å². The largest absolute Gasteiger partial charge is 0.366 e. The number of nitrogens with zero attached hydrogens (tertiary/aromatic N) is 1. The fraction of sp³-hybridized carbons (Fsp3) is 0.294. The minimum Gasteiger partial charge on any atom is -0.366 e. The molecule has 0 saturated carbocycles. The number of anilines is 1. The van der Waals surface area contributed by atoms with E-state index in [1.54, 1.807) is 0 Å². The standard InChI is InChI=1S/C17H19ClN2/c18-16-10-13(11-19)7-8-17(16)20-9-3-6-14-4-1-2-5-15(14)12-20/h1-2,4-5,7-8,10H,3,6,9,11-12,19H2. The van der Waals surface area contributed by atoms with Crippen molar-refractivity contribution >= 4 is 17.3 Å². The molecule has 0 atom stereocenters. The van der Waals surface area contributed by atoms with Crippen LogP contribution in [0.5, 0.6) is 0 Å². The van der Waals surface area contributed by atoms with Gasteiger partial charge in [0.25, 0.3) is 0 Å². The van der Waals surface area contributed by atoms with E-state index in [-0.39, 0.29) is 0 Å². The van der Waals surface area contributed by atoms with Gasteiger partial charge in [0, 0.05) is 19.6 Å². The molecule has 104 valence electrons. The molecule has 1 aliphatic heterocycles. The van der Waals surface area contributed by atoms with Gasteiger partial charge in [-0.1, -0.05) is 41.9 Å². The summed E-state index contributed by atoms with van der Waals surface area (Å²) in [6, 6.07) is 14.8. The van der Waals surface area contributed by atoms with Crippen LogP contribution in [-0.4, -0.2) is 6.54 Å². The first kappa shape index (κ1) is 13.5. The molecule has 2 N–H and O–H groups in total. The van der Waals surface area contributed by atoms with Crippen molar-refractivity contribution in [3.05, 3.63) is 64.2 Å². The van der Waals surface area contributed by atoms with Crippen LogP contribution in [0.4, 0.5) is 5.69 Å². The van der Waals surface area contributed by atoms with Gasteiger partial charge < -0.3 is 10.6 Å². The molecule has 1 aliphatic rings. The number of hydrogen-bond donors (Lipinski definition) is 1. The Bertz CT molecular complexity index is 610. The maximum absolute atomic E-state index is 6.42. The molecule has 3 heteroatoms. The SMILES string of the molecule is NCc1ccc(N2CCCc3ccccc3C2)c(Cl)c1. The second kappa shape index (κ2) is 5.86. The summed E-state index contributed by atoms with van der Waals surface area (Å²) in [5.74, 6) is 0. The van der Waals surface area contributed by atoms with Crippen molar-refractivity contribution in [2.75, 3.05) is 11.4 Å². The maximum Gasteiger partial charge on any atom is 0.0642 e. The summed E-state index contributed by atoms with van der Waals surface area (Å²) in [7, 11) is 0. The first-order valence-corrected chi connectivity index (χ1v) is 7.46. The lowest BCUT2D eigenvalue weighted by Gasteiger charge is -2.24. The lowest BCUT2D eigenvalue weighted by Crippen LogP contribution is -2.22. The first-order chi connectivity index (χ1) is 9.78. The zero-order valence-corrected chi connectivity index (χ0v) is 12.2. The van der Waals surface area contributed by atoms with E-state index >= 15 is 0 Å². The number of rotatable bonds is 2. The average Bonchev–Trinajstić information content (AvgIpc) is 2.69. The molecule has 0 unspecified atom stereocenters. The second-order valence-electron chi connectivity index (χ2n) is 5.28. The van der Waals surface area contributed by atoms with Crippen molar-refractivity contribution in [1.82, 2.24) is 0 Å². The Labute approximate surface area is 125 Å². The van der Waals surface area contributed by atoms with E-state index in [4.69, 9.17) is 17.3 Å². The third-order valence-corrected chi connectivity index (χ3v) is 4.24. The first-order valence-electron chi connectivity index (χ1n) is 7.08. The van der Waals surface area contributed by atoms with Crippen LogP contribution in [0.3, 0.4) is 0 Å². The molecule has 20 heavy (non-hydrogen) atoms. The minimum atomic E-state index is 0.531. The highest BCUT2D eigenvalue weighted by Crippen LogP contribution is 2.30. The van der Waals surface area contributed by atoms with Gasteiger partial charge in [0.2, 0.25) is 0 Å². The molecular weight excluding hydrogens is 268 g/mol. The monoisotopic (exact) mass is 286 g/mol. The van der Waals surface area contributed by atoms with E-state index in [1.165, 1.54) is 11.1 Å². The van der Waals surface area contributed by atoms with Gasteiger partial charge in [-0.3, -0.25) is 0 Å². The number of halogens is 1. The van der Waals surface area contributed by atoms with Crippen molar-refractivity contribution in [2.24, 2.45) is 5.73 Å². The normalized spacial score (nSPS) is 14.8. The smallest absolute Gasteiger partial charge is 0.0642 e. The Kier molecular flexibility index (Phi) is 3.95. The van der Waals surface area contributed by atoms with Crippen LogP contribution in [0.25, 0.3) is 0 Å². The van der Waals surface area contributed by atoms with Crippen LogP contribution >= 0.6 is 11.6 Å². The molecule has 2 aromatic carbocycles. The molecule has 0 aromatic heterocycles. The molecule has 0 fully saturated rings. The van der Waals surface area contributed by atoms with E-state index < -0.39 is 0 Å². The predicted octanol–water partition coefficient (Wildman–Crippen LogP) is 3.75. The topological polar surface area (TPSA) is 29.3 Å². The highest BCUT2D eigenvalue weighted by Gasteiger charge is 2.16. The van der Waals surface area contributed by atoms with Crippen molar-refractivity contribution in [3.63, 3.8) is 0 Å². The molecule has 3 rings (SSSR count). The van der Waals surface area contributed by atoms with Crippen molar-refractivity contribution in [3.8, 4) is 0 Å². The summed E-state index contributed by atoms with van der Waals surface area (Å²) < 4.78 is 0. The van der Waals surface area contributed by atoms with Crippen molar-refractivity contribution < 1.29 is 0 Å². The Balaban J connectivity index is 1.91. The minimum absolute atomic E-state index is 0.531. The molecule has 2 aromatic rings. The molecule has 1 heterocycles. The van der Waals surface area contributed by atoms with Gasteiger partial charge in [0.05, 0.1) is 10.7 Å². The van der Waals surface area contributed by atoms with E-state index in [0.717, 1.165) is 42.2 Å². The van der Waals surface area contributed by atoms with Crippen molar-refractivity contribution in [2.45, 2.75) is 25.9 Å². The number of aryl methyl sites for hydroxylation is 1. The second-order valence-corrected chi connectivity index (χ2v) is 5.69. The molecule has 0 spiro atoms. The summed E-state index contributed by atoms with van der Waals surface area (Å²) in [5, 5.41) is 0.798. The van der Waals surface area contributed by atoms with E-state index in [1.807, 2.05) is 6.07 Å². The van der Waals surface area contributed by atoms with Gasteiger partial charge in [-0.25, -0.2) is 0 Å². The third kappa shape index (κ3) is 2.67. The van der Waals surface area contributed by atoms with Crippen LogP contribution in [-0.2, 0) is 19.5 Å². The van der Waals surface area contributed by atoms with Crippen LogP contribution < -0.4 is 10.6 Å². The fourth-order valence-corrected chi connectivity index (χ4v) is 3.16. The number of nitrogens with two attached hydrogens (primary N) is 1. The number of benzene rings is 2. The molecule has 0 saturated heterocycles. The zero-order valence-electron chi connectivity index (χ0n) is 11.5. The van der Waals surface area contributed by atoms with Gasteiger partial charge in [0.15, 0.2) is 0 Å². The molecule has 0 radical (unpaired) electrons. The molecule has 0 amide bonds. The van der Waals surface area contributed by atoms with Gasteiger partial charge in [-0.2, -0.15) is 0 Å². The van der Waals surface area contributed by atoms with Gasteiger partial charge in [-0.05, 0) is 41.7 Å². The predicted molar refractivity (Wildman–Crippen MR) is 85.2 cm³/mol. The zero-order chi connectivity index (χ0) is 13.9.